The fraction of sp³-hybridized carbons (Fsp3) is 0.250. The molecule has 0 atom stereocenters. The van der Waals surface area contributed by atoms with Crippen LogP contribution in [-0.2, 0) is 0 Å². The molecule has 0 aliphatic rings. The first kappa shape index (κ1) is 13.9. The van der Waals surface area contributed by atoms with Gasteiger partial charge in [-0.05, 0) is 25.0 Å². The molecule has 1 aromatic carbocycles. The summed E-state index contributed by atoms with van der Waals surface area (Å²) in [5.74, 6) is 2.23. The topological polar surface area (TPSA) is 62.2 Å². The maximum Gasteiger partial charge on any atom is 0.336 e. The summed E-state index contributed by atoms with van der Waals surface area (Å²) in [7, 11) is 0. The molecule has 0 amide bonds. The van der Waals surface area contributed by atoms with Crippen LogP contribution in [0.4, 0.5) is 5.82 Å². The zero-order chi connectivity index (χ0) is 14.4. The molecule has 0 saturated heterocycles. The molecule has 0 aliphatic carbocycles. The lowest BCUT2D eigenvalue weighted by atomic mass is 10.1. The zero-order valence-corrected chi connectivity index (χ0v) is 11.1. The van der Waals surface area contributed by atoms with E-state index in [-0.39, 0.29) is 5.56 Å². The minimum Gasteiger partial charge on any atom is -0.478 e. The molecule has 2 rings (SSSR count). The van der Waals surface area contributed by atoms with Crippen molar-refractivity contribution in [2.45, 2.75) is 19.3 Å². The molecule has 4 nitrogen and oxygen atoms in total. The normalized spacial score (nSPS) is 10.2. The van der Waals surface area contributed by atoms with E-state index < -0.39 is 5.97 Å². The first-order valence-corrected chi connectivity index (χ1v) is 6.53. The van der Waals surface area contributed by atoms with E-state index in [4.69, 9.17) is 6.42 Å². The number of carbonyl (C=O) groups is 1. The largest absolute Gasteiger partial charge is 0.478 e. The Morgan fingerprint density at radius 3 is 2.90 bits per heavy atom. The van der Waals surface area contributed by atoms with Crippen LogP contribution in [-0.4, -0.2) is 22.6 Å². The summed E-state index contributed by atoms with van der Waals surface area (Å²) in [6.45, 7) is 0.728. The lowest BCUT2D eigenvalue weighted by molar-refractivity contribution is 0.0699. The molecular formula is C16H16N2O2. The number of fused-ring (bicyclic) bond motifs is 1. The second-order valence-electron chi connectivity index (χ2n) is 4.47. The smallest absolute Gasteiger partial charge is 0.336 e. The molecule has 2 aromatic rings. The first-order chi connectivity index (χ1) is 9.72. The average Bonchev–Trinajstić information content (AvgIpc) is 2.46. The van der Waals surface area contributed by atoms with Gasteiger partial charge in [-0.2, -0.15) is 0 Å². The molecule has 0 saturated carbocycles. The van der Waals surface area contributed by atoms with Crippen molar-refractivity contribution < 1.29 is 9.90 Å². The van der Waals surface area contributed by atoms with Gasteiger partial charge in [-0.25, -0.2) is 9.78 Å². The quantitative estimate of drug-likeness (QED) is 0.624. The maximum atomic E-state index is 11.3. The molecule has 0 bridgehead atoms. The molecule has 1 heterocycles. The predicted molar refractivity (Wildman–Crippen MR) is 79.9 cm³/mol. The SMILES string of the molecule is C#CCCCCNc1cc(C(=O)O)c2ccccc2n1. The van der Waals surface area contributed by atoms with E-state index in [1.54, 1.807) is 12.1 Å². The fourth-order valence-corrected chi connectivity index (χ4v) is 2.01. The highest BCUT2D eigenvalue weighted by Gasteiger charge is 2.11. The fourth-order valence-electron chi connectivity index (χ4n) is 2.01. The number of anilines is 1. The number of benzene rings is 1. The second-order valence-corrected chi connectivity index (χ2v) is 4.47. The van der Waals surface area contributed by atoms with Crippen LogP contribution < -0.4 is 5.32 Å². The monoisotopic (exact) mass is 268 g/mol. The first-order valence-electron chi connectivity index (χ1n) is 6.53. The maximum absolute atomic E-state index is 11.3. The van der Waals surface area contributed by atoms with Gasteiger partial charge in [0.2, 0.25) is 0 Å². The summed E-state index contributed by atoms with van der Waals surface area (Å²) in [6, 6.07) is 8.81. The van der Waals surface area contributed by atoms with Crippen LogP contribution in [0.2, 0.25) is 0 Å². The van der Waals surface area contributed by atoms with Crippen molar-refractivity contribution >= 4 is 22.7 Å². The van der Waals surface area contributed by atoms with Gasteiger partial charge in [0.1, 0.15) is 5.82 Å². The molecule has 0 radical (unpaired) electrons. The predicted octanol–water partition coefficient (Wildman–Crippen LogP) is 3.15. The number of carboxylic acids is 1. The Morgan fingerprint density at radius 1 is 1.35 bits per heavy atom. The van der Waals surface area contributed by atoms with E-state index in [0.717, 1.165) is 25.8 Å². The Labute approximate surface area is 117 Å². The Bertz CT molecular complexity index is 659. The number of nitrogens with one attached hydrogen (secondary N) is 1. The summed E-state index contributed by atoms with van der Waals surface area (Å²) in [5, 5.41) is 13.1. The van der Waals surface area contributed by atoms with Crippen molar-refractivity contribution in [2.24, 2.45) is 0 Å². The third kappa shape index (κ3) is 3.27. The number of aromatic carboxylic acids is 1. The van der Waals surface area contributed by atoms with E-state index in [2.05, 4.69) is 16.2 Å². The van der Waals surface area contributed by atoms with Gasteiger partial charge < -0.3 is 10.4 Å². The number of terminal acetylenes is 1. The van der Waals surface area contributed by atoms with Crippen molar-refractivity contribution in [3.63, 3.8) is 0 Å². The summed E-state index contributed by atoms with van der Waals surface area (Å²) in [4.78, 5) is 15.7. The number of aromatic nitrogens is 1. The molecule has 20 heavy (non-hydrogen) atoms. The Hall–Kier alpha value is -2.54. The van der Waals surface area contributed by atoms with Crippen LogP contribution in [0.15, 0.2) is 30.3 Å². The number of para-hydroxylation sites is 1. The molecule has 2 N–H and O–H groups in total. The Kier molecular flexibility index (Phi) is 4.56. The summed E-state index contributed by atoms with van der Waals surface area (Å²) in [6.07, 6.45) is 7.83. The highest BCUT2D eigenvalue weighted by molar-refractivity contribution is 6.03. The van der Waals surface area contributed by atoms with Crippen LogP contribution in [0.5, 0.6) is 0 Å². The van der Waals surface area contributed by atoms with Crippen LogP contribution in [0.3, 0.4) is 0 Å². The number of hydrogen-bond acceptors (Lipinski definition) is 3. The lowest BCUT2D eigenvalue weighted by Gasteiger charge is -2.08. The van der Waals surface area contributed by atoms with Gasteiger partial charge in [0, 0.05) is 18.4 Å². The number of hydrogen-bond donors (Lipinski definition) is 2. The molecule has 0 fully saturated rings. The number of nitrogens with zero attached hydrogens (tertiary/aromatic N) is 1. The van der Waals surface area contributed by atoms with Crippen molar-refractivity contribution in [2.75, 3.05) is 11.9 Å². The number of unbranched alkanes of at least 4 members (excludes halogenated alkanes) is 2. The van der Waals surface area contributed by atoms with Crippen molar-refractivity contribution in [1.29, 1.82) is 0 Å². The second kappa shape index (κ2) is 6.58. The minimum atomic E-state index is -0.945. The Morgan fingerprint density at radius 2 is 2.15 bits per heavy atom. The van der Waals surface area contributed by atoms with Crippen molar-refractivity contribution in [3.05, 3.63) is 35.9 Å². The third-order valence-corrected chi connectivity index (χ3v) is 3.00. The van der Waals surface area contributed by atoms with E-state index >= 15 is 0 Å². The summed E-state index contributed by atoms with van der Waals surface area (Å²) < 4.78 is 0. The van der Waals surface area contributed by atoms with Gasteiger partial charge in [-0.3, -0.25) is 0 Å². The van der Waals surface area contributed by atoms with Gasteiger partial charge in [0.25, 0.3) is 0 Å². The zero-order valence-electron chi connectivity index (χ0n) is 11.1. The van der Waals surface area contributed by atoms with E-state index in [9.17, 15) is 9.90 Å². The highest BCUT2D eigenvalue weighted by Crippen LogP contribution is 2.20. The molecule has 0 aliphatic heterocycles. The molecule has 0 spiro atoms. The summed E-state index contributed by atoms with van der Waals surface area (Å²) in [5.41, 5.74) is 0.945. The number of rotatable bonds is 6. The lowest BCUT2D eigenvalue weighted by Crippen LogP contribution is -2.06. The molecule has 0 unspecified atom stereocenters. The van der Waals surface area contributed by atoms with Gasteiger partial charge in [0.15, 0.2) is 0 Å². The van der Waals surface area contributed by atoms with Gasteiger partial charge in [-0.1, -0.05) is 18.2 Å². The molecule has 1 aromatic heterocycles. The Balaban J connectivity index is 2.18. The van der Waals surface area contributed by atoms with Gasteiger partial charge >= 0.3 is 5.97 Å². The highest BCUT2D eigenvalue weighted by atomic mass is 16.4. The van der Waals surface area contributed by atoms with E-state index in [1.807, 2.05) is 18.2 Å². The van der Waals surface area contributed by atoms with Gasteiger partial charge in [-0.15, -0.1) is 12.3 Å². The van der Waals surface area contributed by atoms with Crippen molar-refractivity contribution in [3.8, 4) is 12.3 Å². The van der Waals surface area contributed by atoms with Crippen LogP contribution >= 0.6 is 0 Å². The molecule has 102 valence electrons. The van der Waals surface area contributed by atoms with Crippen molar-refractivity contribution in [1.82, 2.24) is 4.98 Å². The van der Waals surface area contributed by atoms with Crippen LogP contribution in [0.1, 0.15) is 29.6 Å². The number of carboxylic acid groups (broad SMARTS) is 1. The standard InChI is InChI=1S/C16H16N2O2/c1-2-3-4-7-10-17-15-11-13(16(19)20)12-8-5-6-9-14(12)18-15/h1,5-6,8-9,11H,3-4,7,10H2,(H,17,18)(H,19,20). The average molecular weight is 268 g/mol. The molecular weight excluding hydrogens is 252 g/mol. The van der Waals surface area contributed by atoms with Crippen LogP contribution in [0, 0.1) is 12.3 Å². The minimum absolute atomic E-state index is 0.265. The number of pyridine rings is 1. The molecule has 4 heteroatoms. The summed E-state index contributed by atoms with van der Waals surface area (Å²) >= 11 is 0. The van der Waals surface area contributed by atoms with E-state index in [0.29, 0.717) is 16.7 Å². The van der Waals surface area contributed by atoms with Crippen LogP contribution in [0.25, 0.3) is 10.9 Å². The van der Waals surface area contributed by atoms with E-state index in [1.165, 1.54) is 0 Å². The van der Waals surface area contributed by atoms with Gasteiger partial charge in [0.05, 0.1) is 11.1 Å². The third-order valence-electron chi connectivity index (χ3n) is 3.00.